The molecule has 8 N–H and O–H groups in total. The van der Waals surface area contributed by atoms with E-state index in [2.05, 4.69) is 21.3 Å². The summed E-state index contributed by atoms with van der Waals surface area (Å²) in [6.07, 6.45) is -1.66. The van der Waals surface area contributed by atoms with Crippen LogP contribution in [0.1, 0.15) is 25.0 Å². The number of aliphatic hydroxyl groups is 1. The Balaban J connectivity index is 1.67. The van der Waals surface area contributed by atoms with Crippen LogP contribution < -0.4 is 36.0 Å². The number of amides is 2. The second-order valence-corrected chi connectivity index (χ2v) is 12.5. The van der Waals surface area contributed by atoms with Gasteiger partial charge in [0.2, 0.25) is 5.91 Å². The van der Waals surface area contributed by atoms with Crippen LogP contribution in [0.15, 0.2) is 103 Å². The number of rotatable bonds is 14. The number of nitrogens with one attached hydrogen (secondary N) is 5. The fourth-order valence-corrected chi connectivity index (χ4v) is 6.16. The van der Waals surface area contributed by atoms with Gasteiger partial charge in [0.25, 0.3) is 0 Å². The van der Waals surface area contributed by atoms with Gasteiger partial charge in [0.05, 0.1) is 0 Å². The van der Waals surface area contributed by atoms with Crippen LogP contribution >= 0.6 is 7.60 Å². The van der Waals surface area contributed by atoms with Gasteiger partial charge < -0.3 is 45.9 Å². The van der Waals surface area contributed by atoms with Crippen LogP contribution in [0, 0.1) is 5.41 Å². The van der Waals surface area contributed by atoms with Gasteiger partial charge in [-0.15, -0.1) is 0 Å². The minimum absolute atomic E-state index is 0.0102. The van der Waals surface area contributed by atoms with Crippen molar-refractivity contribution in [1.29, 1.82) is 5.41 Å². The summed E-state index contributed by atoms with van der Waals surface area (Å²) in [5, 5.41) is 28.0. The number of carbonyl (C=O) groups is 2. The quantitative estimate of drug-likeness (QED) is 0.0373. The molecule has 246 valence electrons. The van der Waals surface area contributed by atoms with Crippen molar-refractivity contribution in [2.24, 2.45) is 5.73 Å². The van der Waals surface area contributed by atoms with Crippen LogP contribution in [-0.4, -0.2) is 35.1 Å². The van der Waals surface area contributed by atoms with Gasteiger partial charge in [0.15, 0.2) is 11.7 Å². The highest BCUT2D eigenvalue weighted by atomic mass is 31.2. The number of anilines is 3. The number of benzene rings is 4. The van der Waals surface area contributed by atoms with Crippen molar-refractivity contribution in [2.75, 3.05) is 16.0 Å². The van der Waals surface area contributed by atoms with Crippen molar-refractivity contribution in [3.8, 4) is 11.5 Å². The van der Waals surface area contributed by atoms with Crippen molar-refractivity contribution >= 4 is 42.6 Å². The van der Waals surface area contributed by atoms with Gasteiger partial charge in [0, 0.05) is 30.4 Å². The van der Waals surface area contributed by atoms with Crippen LogP contribution in [0.2, 0.25) is 0 Å². The molecule has 4 rings (SSSR count). The second kappa shape index (κ2) is 16.2. The summed E-state index contributed by atoms with van der Waals surface area (Å²) in [4.78, 5) is 24.7. The molecule has 0 saturated heterocycles. The standard InChI is InChI=1S/C33H37N6O7P/c1-22(40)36-26-12-16-29(17-13-26)45-47(43,46-30-18-14-27(15-19-30)37-23(2)41)31(20-24-8-10-28(11-9-24)38-32(34)35)39-33(42)44-21-25-6-4-3-5-7-25/h3-19,22,31,36,40H,20-21H2,1-2H3,(H,37,41)(H,39,42)(H4,34,35,38). The average Bonchev–Trinajstić information content (AvgIpc) is 3.02. The second-order valence-electron chi connectivity index (χ2n) is 10.4. The normalized spacial score (nSPS) is 13.2. The van der Waals surface area contributed by atoms with E-state index < -0.39 is 25.7 Å². The molecular weight excluding hydrogens is 623 g/mol. The van der Waals surface area contributed by atoms with Crippen molar-refractivity contribution < 1.29 is 33.0 Å². The molecule has 0 aromatic heterocycles. The van der Waals surface area contributed by atoms with Crippen molar-refractivity contribution in [1.82, 2.24) is 5.32 Å². The van der Waals surface area contributed by atoms with Crippen molar-refractivity contribution in [3.05, 3.63) is 114 Å². The van der Waals surface area contributed by atoms with Crippen LogP contribution in [0.3, 0.4) is 0 Å². The molecule has 0 bridgehead atoms. The highest BCUT2D eigenvalue weighted by Gasteiger charge is 2.41. The van der Waals surface area contributed by atoms with E-state index in [1.165, 1.54) is 19.1 Å². The van der Waals surface area contributed by atoms with Gasteiger partial charge in [-0.25, -0.2) is 9.36 Å². The summed E-state index contributed by atoms with van der Waals surface area (Å²) in [6, 6.07) is 28.5. The average molecular weight is 661 g/mol. The zero-order valence-electron chi connectivity index (χ0n) is 25.8. The molecule has 0 saturated carbocycles. The lowest BCUT2D eigenvalue weighted by Crippen LogP contribution is -2.39. The minimum atomic E-state index is -4.35. The summed E-state index contributed by atoms with van der Waals surface area (Å²) in [5.41, 5.74) is 8.51. The number of hydrogen-bond acceptors (Lipinski definition) is 9. The number of ether oxygens (including phenoxy) is 1. The molecule has 4 aromatic carbocycles. The van der Waals surface area contributed by atoms with E-state index in [0.717, 1.165) is 5.56 Å². The number of guanidine groups is 1. The van der Waals surface area contributed by atoms with Crippen LogP contribution in [0.5, 0.6) is 11.5 Å². The predicted molar refractivity (Wildman–Crippen MR) is 181 cm³/mol. The molecule has 14 heteroatoms. The predicted octanol–water partition coefficient (Wildman–Crippen LogP) is 5.85. The monoisotopic (exact) mass is 660 g/mol. The van der Waals surface area contributed by atoms with Crippen molar-refractivity contribution in [2.45, 2.75) is 38.9 Å². The van der Waals surface area contributed by atoms with Gasteiger partial charge in [-0.3, -0.25) is 10.2 Å². The first kappa shape index (κ1) is 34.4. The zero-order chi connectivity index (χ0) is 33.8. The number of aliphatic hydroxyl groups excluding tert-OH is 1. The van der Waals surface area contributed by atoms with Gasteiger partial charge in [0.1, 0.15) is 24.3 Å². The van der Waals surface area contributed by atoms with Gasteiger partial charge in [-0.1, -0.05) is 42.5 Å². The maximum Gasteiger partial charge on any atom is 0.453 e. The third-order valence-corrected chi connectivity index (χ3v) is 8.42. The molecule has 13 nitrogen and oxygen atoms in total. The third-order valence-electron chi connectivity index (χ3n) is 6.41. The smallest absolute Gasteiger partial charge is 0.445 e. The lowest BCUT2D eigenvalue weighted by Gasteiger charge is -2.28. The summed E-state index contributed by atoms with van der Waals surface area (Å²) >= 11 is 0. The molecular formula is C33H37N6O7P. The number of nitrogens with two attached hydrogens (primary N) is 1. The van der Waals surface area contributed by atoms with E-state index in [4.69, 9.17) is 24.9 Å². The molecule has 0 fully saturated rings. The molecule has 0 aliphatic heterocycles. The summed E-state index contributed by atoms with van der Waals surface area (Å²) in [7, 11) is -4.35. The van der Waals surface area contributed by atoms with E-state index in [0.29, 0.717) is 22.6 Å². The van der Waals surface area contributed by atoms with Crippen LogP contribution in [-0.2, 0) is 27.1 Å². The van der Waals surface area contributed by atoms with E-state index in [1.807, 2.05) is 18.2 Å². The van der Waals surface area contributed by atoms with Gasteiger partial charge in [-0.2, -0.15) is 0 Å². The van der Waals surface area contributed by atoms with Crippen molar-refractivity contribution in [3.63, 3.8) is 0 Å². The molecule has 4 aromatic rings. The number of carbonyl (C=O) groups excluding carboxylic acids is 2. The van der Waals surface area contributed by atoms with Crippen LogP contribution in [0.25, 0.3) is 0 Å². The highest BCUT2D eigenvalue weighted by molar-refractivity contribution is 7.55. The minimum Gasteiger partial charge on any atom is -0.445 e. The molecule has 47 heavy (non-hydrogen) atoms. The first-order valence-corrected chi connectivity index (χ1v) is 16.2. The molecule has 0 radical (unpaired) electrons. The first-order valence-electron chi connectivity index (χ1n) is 14.6. The molecule has 3 atom stereocenters. The first-order chi connectivity index (χ1) is 22.5. The Bertz CT molecular complexity index is 1690. The largest absolute Gasteiger partial charge is 0.453 e. The van der Waals surface area contributed by atoms with Gasteiger partial charge in [-0.05, 0) is 78.7 Å². The number of hydrogen-bond donors (Lipinski definition) is 7. The number of alkyl carbamates (subject to hydrolysis) is 1. The molecule has 0 aliphatic carbocycles. The highest BCUT2D eigenvalue weighted by Crippen LogP contribution is 2.53. The Hall–Kier alpha value is -5.52. The molecule has 0 spiro atoms. The lowest BCUT2D eigenvalue weighted by atomic mass is 10.1. The Morgan fingerprint density at radius 3 is 1.87 bits per heavy atom. The Morgan fingerprint density at radius 2 is 1.34 bits per heavy atom. The Labute approximate surface area is 272 Å². The van der Waals surface area contributed by atoms with Crippen LogP contribution in [0.4, 0.5) is 21.9 Å². The Kier molecular flexibility index (Phi) is 11.8. The van der Waals surface area contributed by atoms with E-state index in [-0.39, 0.29) is 36.4 Å². The fraction of sp³-hybridized carbons (Fsp3) is 0.182. The summed E-state index contributed by atoms with van der Waals surface area (Å²) in [5.74, 6) is -1.43. The maximum absolute atomic E-state index is 14.9. The molecule has 0 aliphatic rings. The zero-order valence-corrected chi connectivity index (χ0v) is 26.7. The molecule has 0 heterocycles. The molecule has 2 amide bonds. The maximum atomic E-state index is 14.9. The van der Waals surface area contributed by atoms with E-state index in [1.54, 1.807) is 79.7 Å². The SMILES string of the molecule is CC(=O)Nc1ccc(OP(=O)(Oc2ccc(NC(C)O)cc2)C(Cc2ccc(NC(=N)N)cc2)NC(=O)OCc2ccccc2)cc1. The third kappa shape index (κ3) is 11.1. The lowest BCUT2D eigenvalue weighted by molar-refractivity contribution is -0.114. The topological polar surface area (TPSA) is 197 Å². The summed E-state index contributed by atoms with van der Waals surface area (Å²) in [6.45, 7) is 2.92. The summed E-state index contributed by atoms with van der Waals surface area (Å²) < 4.78 is 32.5. The van der Waals surface area contributed by atoms with E-state index in [9.17, 15) is 19.3 Å². The fourth-order valence-electron chi connectivity index (χ4n) is 4.34. The van der Waals surface area contributed by atoms with E-state index >= 15 is 0 Å². The Morgan fingerprint density at radius 1 is 0.809 bits per heavy atom. The van der Waals surface area contributed by atoms with Gasteiger partial charge >= 0.3 is 13.7 Å². The molecule has 3 unspecified atom stereocenters.